The molecule has 2 heteroatoms. The lowest BCUT2D eigenvalue weighted by molar-refractivity contribution is -0.0394. The summed E-state index contributed by atoms with van der Waals surface area (Å²) in [7, 11) is 1.76. The van der Waals surface area contributed by atoms with Crippen molar-refractivity contribution in [2.24, 2.45) is 17.3 Å². The van der Waals surface area contributed by atoms with Crippen molar-refractivity contribution in [2.75, 3.05) is 7.11 Å². The molecular formula is C20H28O2. The minimum atomic E-state index is -0.0600. The maximum absolute atomic E-state index is 10.6. The zero-order chi connectivity index (χ0) is 15.3. The predicted molar refractivity (Wildman–Crippen MR) is 88.2 cm³/mol. The highest BCUT2D eigenvalue weighted by Gasteiger charge is 2.55. The topological polar surface area (TPSA) is 29.5 Å². The van der Waals surface area contributed by atoms with Gasteiger partial charge in [-0.3, -0.25) is 0 Å². The van der Waals surface area contributed by atoms with Crippen LogP contribution in [-0.4, -0.2) is 18.3 Å². The maximum Gasteiger partial charge on any atom is 0.119 e. The normalized spacial score (nSPS) is 39.8. The van der Waals surface area contributed by atoms with Crippen LogP contribution in [0.3, 0.4) is 0 Å². The molecule has 0 spiro atoms. The Morgan fingerprint density at radius 3 is 2.86 bits per heavy atom. The number of benzene rings is 1. The summed E-state index contributed by atoms with van der Waals surface area (Å²) in [5.41, 5.74) is 3.30. The number of rotatable bonds is 2. The molecule has 0 aliphatic heterocycles. The number of ether oxygens (including phenoxy) is 1. The molecule has 3 aliphatic carbocycles. The maximum atomic E-state index is 10.6. The lowest BCUT2D eigenvalue weighted by Gasteiger charge is -2.51. The zero-order valence-corrected chi connectivity index (χ0v) is 13.8. The SMILES string of the molecule is CC[C@]12CC[C@@H]3c4cc(OC)ccc4CC[C@H]3[C@@H]1CC[C@@H]2O. The van der Waals surface area contributed by atoms with E-state index in [-0.39, 0.29) is 11.5 Å². The first-order valence-corrected chi connectivity index (χ1v) is 9.04. The standard InChI is InChI=1S/C20H28O2/c1-3-20-11-10-15-16(18(20)8-9-19(20)21)7-5-13-4-6-14(22-2)12-17(13)15/h4,6,12,15-16,18-19,21H,3,5,7-11H2,1-2H3/t15-,16+,18-,19-,20-/m0/s1. The van der Waals surface area contributed by atoms with Crippen LogP contribution in [0.25, 0.3) is 0 Å². The van der Waals surface area contributed by atoms with Gasteiger partial charge in [-0.15, -0.1) is 0 Å². The number of hydrogen-bond acceptors (Lipinski definition) is 2. The van der Waals surface area contributed by atoms with Crippen molar-refractivity contribution in [1.82, 2.24) is 0 Å². The smallest absolute Gasteiger partial charge is 0.119 e. The summed E-state index contributed by atoms with van der Waals surface area (Å²) < 4.78 is 5.46. The van der Waals surface area contributed by atoms with Crippen molar-refractivity contribution in [1.29, 1.82) is 0 Å². The van der Waals surface area contributed by atoms with Crippen molar-refractivity contribution >= 4 is 0 Å². The number of fused-ring (bicyclic) bond motifs is 5. The van der Waals surface area contributed by atoms with Gasteiger partial charge in [0.05, 0.1) is 13.2 Å². The Kier molecular flexibility index (Phi) is 3.48. The second-order valence-electron chi connectivity index (χ2n) is 7.70. The molecule has 1 N–H and O–H groups in total. The third-order valence-corrected chi connectivity index (χ3v) is 7.27. The Morgan fingerprint density at radius 1 is 1.23 bits per heavy atom. The molecule has 1 aromatic carbocycles. The highest BCUT2D eigenvalue weighted by molar-refractivity contribution is 5.41. The van der Waals surface area contributed by atoms with E-state index in [9.17, 15) is 5.11 Å². The van der Waals surface area contributed by atoms with Crippen LogP contribution in [0.1, 0.15) is 62.5 Å². The lowest BCUT2D eigenvalue weighted by atomic mass is 9.54. The quantitative estimate of drug-likeness (QED) is 0.882. The van der Waals surface area contributed by atoms with Gasteiger partial charge in [0.2, 0.25) is 0 Å². The highest BCUT2D eigenvalue weighted by atomic mass is 16.5. The summed E-state index contributed by atoms with van der Waals surface area (Å²) in [5.74, 6) is 3.18. The summed E-state index contributed by atoms with van der Waals surface area (Å²) in [6.45, 7) is 2.29. The minimum Gasteiger partial charge on any atom is -0.497 e. The summed E-state index contributed by atoms with van der Waals surface area (Å²) in [5, 5.41) is 10.6. The first-order chi connectivity index (χ1) is 10.7. The predicted octanol–water partition coefficient (Wildman–Crippen LogP) is 4.30. The van der Waals surface area contributed by atoms with E-state index in [0.717, 1.165) is 30.4 Å². The minimum absolute atomic E-state index is 0.0600. The highest BCUT2D eigenvalue weighted by Crippen LogP contribution is 2.62. The molecule has 5 atom stereocenters. The van der Waals surface area contributed by atoms with E-state index in [1.807, 2.05) is 0 Å². The van der Waals surface area contributed by atoms with Gasteiger partial charge < -0.3 is 9.84 Å². The molecule has 3 aliphatic rings. The van der Waals surface area contributed by atoms with Gasteiger partial charge in [-0.25, -0.2) is 0 Å². The van der Waals surface area contributed by atoms with Crippen molar-refractivity contribution in [3.8, 4) is 5.75 Å². The van der Waals surface area contributed by atoms with E-state index >= 15 is 0 Å². The van der Waals surface area contributed by atoms with E-state index in [2.05, 4.69) is 25.1 Å². The molecule has 0 heterocycles. The van der Waals surface area contributed by atoms with E-state index in [1.165, 1.54) is 37.7 Å². The molecule has 0 saturated heterocycles. The Hall–Kier alpha value is -1.02. The molecule has 4 rings (SSSR count). The van der Waals surface area contributed by atoms with Gasteiger partial charge in [-0.1, -0.05) is 13.0 Å². The van der Waals surface area contributed by atoms with Gasteiger partial charge in [-0.05, 0) is 91.4 Å². The fourth-order valence-electron chi connectivity index (χ4n) is 6.13. The Bertz CT molecular complexity index is 567. The van der Waals surface area contributed by atoms with Crippen molar-refractivity contribution < 1.29 is 9.84 Å². The summed E-state index contributed by atoms with van der Waals surface area (Å²) in [4.78, 5) is 0. The number of aliphatic hydroxyl groups is 1. The van der Waals surface area contributed by atoms with Crippen molar-refractivity contribution in [2.45, 2.75) is 63.9 Å². The van der Waals surface area contributed by atoms with Crippen LogP contribution in [0.4, 0.5) is 0 Å². The van der Waals surface area contributed by atoms with Crippen molar-refractivity contribution in [3.63, 3.8) is 0 Å². The van der Waals surface area contributed by atoms with Gasteiger partial charge in [0.15, 0.2) is 0 Å². The fraction of sp³-hybridized carbons (Fsp3) is 0.700. The number of aliphatic hydroxyl groups excluding tert-OH is 1. The fourth-order valence-corrected chi connectivity index (χ4v) is 6.13. The van der Waals surface area contributed by atoms with Crippen LogP contribution in [0.5, 0.6) is 5.75 Å². The lowest BCUT2D eigenvalue weighted by Crippen LogP contribution is -2.45. The van der Waals surface area contributed by atoms with Crippen LogP contribution >= 0.6 is 0 Å². The molecule has 0 amide bonds. The van der Waals surface area contributed by atoms with Gasteiger partial charge in [0, 0.05) is 0 Å². The first kappa shape index (κ1) is 14.6. The number of aryl methyl sites for hydroxylation is 1. The van der Waals surface area contributed by atoms with E-state index in [0.29, 0.717) is 5.92 Å². The molecular weight excluding hydrogens is 272 g/mol. The van der Waals surface area contributed by atoms with Crippen LogP contribution in [-0.2, 0) is 6.42 Å². The zero-order valence-electron chi connectivity index (χ0n) is 13.8. The van der Waals surface area contributed by atoms with Crippen LogP contribution in [0.15, 0.2) is 18.2 Å². The van der Waals surface area contributed by atoms with Crippen LogP contribution in [0, 0.1) is 17.3 Å². The molecule has 0 unspecified atom stereocenters. The molecule has 120 valence electrons. The van der Waals surface area contributed by atoms with E-state index in [1.54, 1.807) is 12.7 Å². The molecule has 1 aromatic rings. The molecule has 0 bridgehead atoms. The molecule has 2 fully saturated rings. The largest absolute Gasteiger partial charge is 0.497 e. The van der Waals surface area contributed by atoms with Crippen LogP contribution in [0.2, 0.25) is 0 Å². The summed E-state index contributed by atoms with van der Waals surface area (Å²) in [6, 6.07) is 6.67. The van der Waals surface area contributed by atoms with Gasteiger partial charge in [0.1, 0.15) is 5.75 Å². The summed E-state index contributed by atoms with van der Waals surface area (Å²) >= 11 is 0. The Labute approximate surface area is 133 Å². The molecule has 0 radical (unpaired) electrons. The van der Waals surface area contributed by atoms with Gasteiger partial charge in [-0.2, -0.15) is 0 Å². The number of hydrogen-bond donors (Lipinski definition) is 1. The second-order valence-corrected chi connectivity index (χ2v) is 7.70. The van der Waals surface area contributed by atoms with Gasteiger partial charge >= 0.3 is 0 Å². The number of methoxy groups -OCH3 is 1. The van der Waals surface area contributed by atoms with Gasteiger partial charge in [0.25, 0.3) is 0 Å². The molecule has 2 saturated carbocycles. The first-order valence-electron chi connectivity index (χ1n) is 9.04. The molecule has 0 aromatic heterocycles. The Balaban J connectivity index is 1.71. The van der Waals surface area contributed by atoms with Crippen molar-refractivity contribution in [3.05, 3.63) is 29.3 Å². The summed E-state index contributed by atoms with van der Waals surface area (Å²) in [6.07, 6.45) is 8.29. The average Bonchev–Trinajstić information content (AvgIpc) is 2.91. The third kappa shape index (κ3) is 1.89. The molecule has 22 heavy (non-hydrogen) atoms. The third-order valence-electron chi connectivity index (χ3n) is 7.27. The average molecular weight is 300 g/mol. The Morgan fingerprint density at radius 2 is 2.09 bits per heavy atom. The van der Waals surface area contributed by atoms with E-state index in [4.69, 9.17) is 4.74 Å². The second kappa shape index (κ2) is 5.26. The van der Waals surface area contributed by atoms with E-state index < -0.39 is 0 Å². The molecule has 2 nitrogen and oxygen atoms in total. The van der Waals surface area contributed by atoms with Crippen LogP contribution < -0.4 is 4.74 Å². The monoisotopic (exact) mass is 300 g/mol.